The van der Waals surface area contributed by atoms with Crippen LogP contribution in [-0.4, -0.2) is 31.1 Å². The van der Waals surface area contributed by atoms with E-state index >= 15 is 0 Å². The van der Waals surface area contributed by atoms with Crippen molar-refractivity contribution in [1.82, 2.24) is 30.5 Å². The Labute approximate surface area is 124 Å². The van der Waals surface area contributed by atoms with E-state index in [0.29, 0.717) is 12.4 Å². The van der Waals surface area contributed by atoms with Crippen LogP contribution >= 0.6 is 11.3 Å². The summed E-state index contributed by atoms with van der Waals surface area (Å²) in [6.45, 7) is 0.555. The van der Waals surface area contributed by atoms with Crippen molar-refractivity contribution in [3.8, 4) is 11.4 Å². The van der Waals surface area contributed by atoms with E-state index in [4.69, 9.17) is 0 Å². The molecule has 3 aromatic rings. The molecule has 0 bridgehead atoms. The van der Waals surface area contributed by atoms with E-state index in [-0.39, 0.29) is 12.5 Å². The van der Waals surface area contributed by atoms with Crippen LogP contribution in [0.2, 0.25) is 0 Å². The molecule has 21 heavy (non-hydrogen) atoms. The summed E-state index contributed by atoms with van der Waals surface area (Å²) in [5, 5.41) is 16.7. The number of aromatic nitrogens is 5. The van der Waals surface area contributed by atoms with Gasteiger partial charge in [-0.05, 0) is 28.8 Å². The second-order valence-electron chi connectivity index (χ2n) is 4.24. The van der Waals surface area contributed by atoms with E-state index in [1.807, 2.05) is 23.6 Å². The van der Waals surface area contributed by atoms with Gasteiger partial charge in [0.2, 0.25) is 11.7 Å². The number of pyridine rings is 1. The van der Waals surface area contributed by atoms with E-state index in [0.717, 1.165) is 10.4 Å². The van der Waals surface area contributed by atoms with Crippen LogP contribution in [0.25, 0.3) is 11.4 Å². The highest BCUT2D eigenvalue weighted by Gasteiger charge is 2.09. The predicted molar refractivity (Wildman–Crippen MR) is 77.2 cm³/mol. The van der Waals surface area contributed by atoms with Crippen LogP contribution in [0.5, 0.6) is 0 Å². The number of amides is 1. The van der Waals surface area contributed by atoms with Gasteiger partial charge in [0.25, 0.3) is 0 Å². The normalized spacial score (nSPS) is 10.5. The molecule has 0 radical (unpaired) electrons. The van der Waals surface area contributed by atoms with Gasteiger partial charge in [-0.3, -0.25) is 9.78 Å². The first-order valence-electron chi connectivity index (χ1n) is 6.28. The fourth-order valence-corrected chi connectivity index (χ4v) is 2.35. The Morgan fingerprint density at radius 2 is 2.29 bits per heavy atom. The van der Waals surface area contributed by atoms with Crippen molar-refractivity contribution in [3.63, 3.8) is 0 Å². The minimum atomic E-state index is -0.154. The highest BCUT2D eigenvalue weighted by Crippen LogP contribution is 2.10. The van der Waals surface area contributed by atoms with Crippen molar-refractivity contribution in [2.75, 3.05) is 0 Å². The fourth-order valence-electron chi connectivity index (χ4n) is 1.70. The minimum Gasteiger partial charge on any atom is -0.350 e. The summed E-state index contributed by atoms with van der Waals surface area (Å²) >= 11 is 1.60. The molecule has 0 aliphatic rings. The summed E-state index contributed by atoms with van der Waals surface area (Å²) in [7, 11) is 0. The smallest absolute Gasteiger partial charge is 0.243 e. The molecule has 3 heterocycles. The van der Waals surface area contributed by atoms with Crippen molar-refractivity contribution in [3.05, 3.63) is 46.9 Å². The third-order valence-corrected chi connectivity index (χ3v) is 3.57. The quantitative estimate of drug-likeness (QED) is 0.763. The lowest BCUT2D eigenvalue weighted by Crippen LogP contribution is -2.27. The topological polar surface area (TPSA) is 85.6 Å². The largest absolute Gasteiger partial charge is 0.350 e. The molecule has 0 spiro atoms. The number of carbonyl (C=O) groups excluding carboxylic acids is 1. The number of nitrogens with zero attached hydrogens (tertiary/aromatic N) is 5. The zero-order valence-corrected chi connectivity index (χ0v) is 11.8. The van der Waals surface area contributed by atoms with Gasteiger partial charge in [-0.2, -0.15) is 4.80 Å². The highest BCUT2D eigenvalue weighted by molar-refractivity contribution is 7.09. The number of tetrazole rings is 1. The van der Waals surface area contributed by atoms with Crippen LogP contribution in [0.15, 0.2) is 42.0 Å². The fraction of sp³-hybridized carbons (Fsp3) is 0.154. The average Bonchev–Trinajstić information content (AvgIpc) is 3.17. The predicted octanol–water partition coefficient (Wildman–Crippen LogP) is 1.11. The third kappa shape index (κ3) is 3.48. The number of hydrogen-bond acceptors (Lipinski definition) is 6. The molecule has 106 valence electrons. The number of carbonyl (C=O) groups is 1. The Balaban J connectivity index is 1.58. The van der Waals surface area contributed by atoms with Gasteiger partial charge in [0, 0.05) is 22.8 Å². The van der Waals surface area contributed by atoms with Crippen LogP contribution in [-0.2, 0) is 17.9 Å². The summed E-state index contributed by atoms with van der Waals surface area (Å²) in [4.78, 5) is 18.2. The second-order valence-corrected chi connectivity index (χ2v) is 5.27. The molecule has 3 rings (SSSR count). The molecular weight excluding hydrogens is 288 g/mol. The first-order valence-corrected chi connectivity index (χ1v) is 7.16. The lowest BCUT2D eigenvalue weighted by atomic mass is 10.3. The maximum atomic E-state index is 11.8. The lowest BCUT2D eigenvalue weighted by molar-refractivity contribution is -0.122. The number of nitrogens with one attached hydrogen (secondary N) is 1. The van der Waals surface area contributed by atoms with E-state index in [1.54, 1.807) is 29.8 Å². The van der Waals surface area contributed by atoms with Crippen LogP contribution in [0.1, 0.15) is 4.88 Å². The SMILES string of the molecule is O=C(Cn1nnc(-c2cccnc2)n1)NCc1cccs1. The standard InChI is InChI=1S/C13H12N6OS/c20-12(15-8-11-4-2-6-21-11)9-19-17-13(16-18-19)10-3-1-5-14-7-10/h1-7H,8-9H2,(H,15,20). The highest BCUT2D eigenvalue weighted by atomic mass is 32.1. The summed E-state index contributed by atoms with van der Waals surface area (Å²) in [6.07, 6.45) is 3.32. The molecule has 1 N–H and O–H groups in total. The summed E-state index contributed by atoms with van der Waals surface area (Å²) in [5.41, 5.74) is 0.766. The van der Waals surface area contributed by atoms with Gasteiger partial charge < -0.3 is 5.32 Å². The van der Waals surface area contributed by atoms with Crippen molar-refractivity contribution in [1.29, 1.82) is 0 Å². The second kappa shape index (κ2) is 6.23. The van der Waals surface area contributed by atoms with Gasteiger partial charge in [-0.15, -0.1) is 21.5 Å². The van der Waals surface area contributed by atoms with Gasteiger partial charge in [0.05, 0.1) is 6.54 Å². The van der Waals surface area contributed by atoms with E-state index in [1.165, 1.54) is 4.80 Å². The Bertz CT molecular complexity index is 709. The van der Waals surface area contributed by atoms with Gasteiger partial charge in [-0.1, -0.05) is 6.07 Å². The van der Waals surface area contributed by atoms with E-state index in [9.17, 15) is 4.79 Å². The third-order valence-electron chi connectivity index (χ3n) is 2.70. The molecule has 0 aromatic carbocycles. The molecule has 0 atom stereocenters. The molecular formula is C13H12N6OS. The number of thiophene rings is 1. The summed E-state index contributed by atoms with van der Waals surface area (Å²) in [6, 6.07) is 7.56. The van der Waals surface area contributed by atoms with Crippen LogP contribution in [0.4, 0.5) is 0 Å². The van der Waals surface area contributed by atoms with Crippen molar-refractivity contribution in [2.24, 2.45) is 0 Å². The summed E-state index contributed by atoms with van der Waals surface area (Å²) in [5.74, 6) is 0.299. The Kier molecular flexibility index (Phi) is 3.97. The average molecular weight is 300 g/mol. The van der Waals surface area contributed by atoms with Gasteiger partial charge in [-0.25, -0.2) is 0 Å². The lowest BCUT2D eigenvalue weighted by Gasteiger charge is -2.02. The molecule has 1 amide bonds. The minimum absolute atomic E-state index is 0.0403. The van der Waals surface area contributed by atoms with Crippen molar-refractivity contribution >= 4 is 17.2 Å². The van der Waals surface area contributed by atoms with Gasteiger partial charge in [0.1, 0.15) is 6.54 Å². The maximum absolute atomic E-state index is 11.8. The van der Waals surface area contributed by atoms with Crippen LogP contribution < -0.4 is 5.32 Å². The number of rotatable bonds is 5. The molecule has 3 aromatic heterocycles. The first kappa shape index (κ1) is 13.4. The molecule has 7 nitrogen and oxygen atoms in total. The molecule has 0 saturated heterocycles. The zero-order chi connectivity index (χ0) is 14.5. The van der Waals surface area contributed by atoms with Crippen LogP contribution in [0.3, 0.4) is 0 Å². The van der Waals surface area contributed by atoms with Crippen LogP contribution in [0, 0.1) is 0 Å². The number of hydrogen-bond donors (Lipinski definition) is 1. The molecule has 0 aliphatic carbocycles. The van der Waals surface area contributed by atoms with Crippen molar-refractivity contribution in [2.45, 2.75) is 13.1 Å². The van der Waals surface area contributed by atoms with E-state index < -0.39 is 0 Å². The molecule has 0 unspecified atom stereocenters. The maximum Gasteiger partial charge on any atom is 0.243 e. The van der Waals surface area contributed by atoms with Gasteiger partial charge in [0.15, 0.2) is 0 Å². The van der Waals surface area contributed by atoms with Gasteiger partial charge >= 0.3 is 0 Å². The monoisotopic (exact) mass is 300 g/mol. The van der Waals surface area contributed by atoms with E-state index in [2.05, 4.69) is 25.7 Å². The molecule has 0 fully saturated rings. The first-order chi connectivity index (χ1) is 10.3. The Morgan fingerprint density at radius 3 is 3.05 bits per heavy atom. The van der Waals surface area contributed by atoms with Crippen molar-refractivity contribution < 1.29 is 4.79 Å². The molecule has 0 aliphatic heterocycles. The Morgan fingerprint density at radius 1 is 1.33 bits per heavy atom. The molecule has 8 heteroatoms. The Hall–Kier alpha value is -2.61. The summed E-state index contributed by atoms with van der Waals surface area (Å²) < 4.78 is 0. The zero-order valence-electron chi connectivity index (χ0n) is 11.0. The molecule has 0 saturated carbocycles.